The zero-order valence-electron chi connectivity index (χ0n) is 10.3. The van der Waals surface area contributed by atoms with Gasteiger partial charge in [-0.15, -0.1) is 0 Å². The molecule has 0 aliphatic rings. The van der Waals surface area contributed by atoms with Crippen molar-refractivity contribution in [3.05, 3.63) is 29.1 Å². The van der Waals surface area contributed by atoms with Gasteiger partial charge in [0.1, 0.15) is 0 Å². The molecule has 0 aliphatic heterocycles. The van der Waals surface area contributed by atoms with Crippen molar-refractivity contribution >= 4 is 5.91 Å². The van der Waals surface area contributed by atoms with Gasteiger partial charge >= 0.3 is 0 Å². The molecule has 4 nitrogen and oxygen atoms in total. The Hall–Kier alpha value is -1.90. The minimum atomic E-state index is -2.30. The molecule has 0 radical (unpaired) electrons. The first-order valence-electron chi connectivity index (χ1n) is 5.53. The van der Waals surface area contributed by atoms with Crippen molar-refractivity contribution in [3.8, 4) is 5.75 Å². The molecule has 1 amide bonds. The number of benzene rings is 1. The highest BCUT2D eigenvalue weighted by Gasteiger charge is 2.30. The molecule has 0 fully saturated rings. The largest absolute Gasteiger partial charge is 0.474 e. The monoisotopic (exact) mass is 298 g/mol. The second kappa shape index (κ2) is 6.51. The molecule has 0 spiro atoms. The van der Waals surface area contributed by atoms with E-state index in [0.29, 0.717) is 6.42 Å². The number of carbonyl (C=O) groups is 1. The third kappa shape index (κ3) is 2.98. The average molecular weight is 298 g/mol. The molecular formula is C11H11F5N2O2. The van der Waals surface area contributed by atoms with Crippen molar-refractivity contribution in [2.24, 2.45) is 5.84 Å². The fraction of sp³-hybridized carbons (Fsp3) is 0.364. The topological polar surface area (TPSA) is 64.3 Å². The van der Waals surface area contributed by atoms with Crippen molar-refractivity contribution < 1.29 is 31.5 Å². The lowest BCUT2D eigenvalue weighted by atomic mass is 10.2. The summed E-state index contributed by atoms with van der Waals surface area (Å²) in [4.78, 5) is 11.3. The lowest BCUT2D eigenvalue weighted by Crippen LogP contribution is -2.42. The van der Waals surface area contributed by atoms with E-state index in [-0.39, 0.29) is 6.42 Å². The number of hydrogen-bond donors (Lipinski definition) is 2. The van der Waals surface area contributed by atoms with Gasteiger partial charge in [-0.05, 0) is 6.42 Å². The third-order valence-electron chi connectivity index (χ3n) is 2.42. The molecule has 0 saturated heterocycles. The second-order valence-electron chi connectivity index (χ2n) is 3.80. The van der Waals surface area contributed by atoms with Gasteiger partial charge in [-0.2, -0.15) is 8.78 Å². The number of carbonyl (C=O) groups excluding carboxylic acids is 1. The maximum absolute atomic E-state index is 13.4. The van der Waals surface area contributed by atoms with Gasteiger partial charge in [-0.25, -0.2) is 19.0 Å². The van der Waals surface area contributed by atoms with Crippen molar-refractivity contribution in [2.45, 2.75) is 25.9 Å². The van der Waals surface area contributed by atoms with Gasteiger partial charge < -0.3 is 4.74 Å². The summed E-state index contributed by atoms with van der Waals surface area (Å²) in [6.45, 7) is 1.62. The number of halogens is 5. The summed E-state index contributed by atoms with van der Waals surface area (Å²) >= 11 is 0. The van der Waals surface area contributed by atoms with E-state index < -0.39 is 46.8 Å². The predicted octanol–water partition coefficient (Wildman–Crippen LogP) is 1.92. The highest BCUT2D eigenvalue weighted by atomic mass is 19.2. The maximum atomic E-state index is 13.4. The van der Waals surface area contributed by atoms with Gasteiger partial charge in [-0.3, -0.25) is 10.2 Å². The Labute approximate surface area is 110 Å². The van der Waals surface area contributed by atoms with Crippen LogP contribution in [0.15, 0.2) is 0 Å². The van der Waals surface area contributed by atoms with Crippen LogP contribution < -0.4 is 16.0 Å². The third-order valence-corrected chi connectivity index (χ3v) is 2.42. The average Bonchev–Trinajstić information content (AvgIpc) is 2.45. The Morgan fingerprint density at radius 1 is 1.10 bits per heavy atom. The van der Waals surface area contributed by atoms with E-state index in [0.717, 1.165) is 0 Å². The van der Waals surface area contributed by atoms with Crippen LogP contribution in [0.1, 0.15) is 19.8 Å². The quantitative estimate of drug-likeness (QED) is 0.218. The number of nitrogens with one attached hydrogen (secondary N) is 1. The van der Waals surface area contributed by atoms with E-state index >= 15 is 0 Å². The van der Waals surface area contributed by atoms with E-state index in [9.17, 15) is 26.7 Å². The maximum Gasteiger partial charge on any atom is 0.274 e. The molecule has 112 valence electrons. The van der Waals surface area contributed by atoms with Crippen LogP contribution in [0.4, 0.5) is 22.0 Å². The molecule has 1 aromatic carbocycles. The Kier molecular flexibility index (Phi) is 5.26. The van der Waals surface area contributed by atoms with E-state index in [4.69, 9.17) is 5.84 Å². The molecule has 1 rings (SSSR count). The molecule has 1 aromatic rings. The van der Waals surface area contributed by atoms with Gasteiger partial charge in [0.2, 0.25) is 29.1 Å². The van der Waals surface area contributed by atoms with Crippen LogP contribution in [0, 0.1) is 29.1 Å². The van der Waals surface area contributed by atoms with Crippen molar-refractivity contribution in [1.29, 1.82) is 0 Å². The van der Waals surface area contributed by atoms with Crippen LogP contribution in [0.25, 0.3) is 0 Å². The van der Waals surface area contributed by atoms with E-state index in [2.05, 4.69) is 4.74 Å². The Morgan fingerprint density at radius 3 is 1.95 bits per heavy atom. The first kappa shape index (κ1) is 16.2. The Balaban J connectivity index is 3.22. The van der Waals surface area contributed by atoms with Crippen LogP contribution in [-0.2, 0) is 4.79 Å². The van der Waals surface area contributed by atoms with Crippen molar-refractivity contribution in [1.82, 2.24) is 5.43 Å². The van der Waals surface area contributed by atoms with Gasteiger partial charge in [0.05, 0.1) is 0 Å². The zero-order valence-corrected chi connectivity index (χ0v) is 10.3. The lowest BCUT2D eigenvalue weighted by molar-refractivity contribution is -0.128. The number of amides is 1. The summed E-state index contributed by atoms with van der Waals surface area (Å²) in [5.41, 5.74) is 1.68. The molecule has 0 aliphatic carbocycles. The van der Waals surface area contributed by atoms with Gasteiger partial charge in [0.25, 0.3) is 5.91 Å². The molecule has 0 heterocycles. The number of hydrazine groups is 1. The molecule has 1 unspecified atom stereocenters. The number of hydrogen-bond acceptors (Lipinski definition) is 3. The predicted molar refractivity (Wildman–Crippen MR) is 57.9 cm³/mol. The first-order valence-corrected chi connectivity index (χ1v) is 5.53. The minimum Gasteiger partial charge on any atom is -0.474 e. The SMILES string of the molecule is CCCC(Oc1c(F)c(F)c(F)c(F)c1F)C(=O)NN. The molecule has 0 bridgehead atoms. The lowest BCUT2D eigenvalue weighted by Gasteiger charge is -2.18. The Morgan fingerprint density at radius 2 is 1.55 bits per heavy atom. The summed E-state index contributed by atoms with van der Waals surface area (Å²) in [7, 11) is 0. The fourth-order valence-corrected chi connectivity index (χ4v) is 1.43. The minimum absolute atomic E-state index is 0.0253. The number of nitrogens with two attached hydrogens (primary N) is 1. The van der Waals surface area contributed by atoms with Crippen LogP contribution in [0.2, 0.25) is 0 Å². The zero-order chi connectivity index (χ0) is 15.4. The summed E-state index contributed by atoms with van der Waals surface area (Å²) in [6, 6.07) is 0. The molecule has 0 saturated carbocycles. The highest BCUT2D eigenvalue weighted by Crippen LogP contribution is 2.30. The van der Waals surface area contributed by atoms with E-state index in [1.165, 1.54) is 0 Å². The van der Waals surface area contributed by atoms with Crippen LogP contribution in [0.3, 0.4) is 0 Å². The van der Waals surface area contributed by atoms with Crippen LogP contribution in [0.5, 0.6) is 5.75 Å². The van der Waals surface area contributed by atoms with Crippen LogP contribution >= 0.6 is 0 Å². The number of ether oxygens (including phenoxy) is 1. The second-order valence-corrected chi connectivity index (χ2v) is 3.80. The van der Waals surface area contributed by atoms with Crippen molar-refractivity contribution in [3.63, 3.8) is 0 Å². The fourth-order valence-electron chi connectivity index (χ4n) is 1.43. The Bertz CT molecular complexity index is 495. The van der Waals surface area contributed by atoms with Gasteiger partial charge in [-0.1, -0.05) is 13.3 Å². The molecule has 9 heteroatoms. The standard InChI is InChI=1S/C11H11F5N2O2/c1-2-3-4(11(19)18-17)20-10-8(15)6(13)5(12)7(14)9(10)16/h4H,2-3,17H2,1H3,(H,18,19). The molecule has 0 aromatic heterocycles. The first-order chi connectivity index (χ1) is 9.34. The highest BCUT2D eigenvalue weighted by molar-refractivity contribution is 5.80. The van der Waals surface area contributed by atoms with Gasteiger partial charge in [0, 0.05) is 0 Å². The van der Waals surface area contributed by atoms with Gasteiger partial charge in [0.15, 0.2) is 11.9 Å². The molecule has 1 atom stereocenters. The van der Waals surface area contributed by atoms with E-state index in [1.807, 2.05) is 0 Å². The smallest absolute Gasteiger partial charge is 0.274 e. The summed E-state index contributed by atoms with van der Waals surface area (Å²) in [5, 5.41) is 0. The molecule has 3 N–H and O–H groups in total. The normalized spacial score (nSPS) is 12.2. The molecule has 20 heavy (non-hydrogen) atoms. The van der Waals surface area contributed by atoms with E-state index in [1.54, 1.807) is 12.3 Å². The molecular weight excluding hydrogens is 287 g/mol. The number of rotatable bonds is 5. The summed E-state index contributed by atoms with van der Waals surface area (Å²) in [5.74, 6) is -8.51. The summed E-state index contributed by atoms with van der Waals surface area (Å²) in [6.07, 6.45) is -1.14. The van der Waals surface area contributed by atoms with Crippen molar-refractivity contribution in [2.75, 3.05) is 0 Å². The van der Waals surface area contributed by atoms with Crippen LogP contribution in [-0.4, -0.2) is 12.0 Å². The summed E-state index contributed by atoms with van der Waals surface area (Å²) < 4.78 is 70.1.